The van der Waals surface area contributed by atoms with Crippen LogP contribution in [0.5, 0.6) is 0 Å². The number of nitrogens with one attached hydrogen (secondary N) is 1. The van der Waals surface area contributed by atoms with E-state index in [1.165, 1.54) is 24.9 Å². The van der Waals surface area contributed by atoms with Crippen LogP contribution in [0.4, 0.5) is 0 Å². The zero-order chi connectivity index (χ0) is 13.0. The Bertz CT molecular complexity index is 389. The maximum Gasteiger partial charge on any atom is 0.0320 e. The summed E-state index contributed by atoms with van der Waals surface area (Å²) in [6.45, 7) is 6.71. The summed E-state index contributed by atoms with van der Waals surface area (Å²) < 4.78 is 2.25. The molecule has 0 aliphatic carbocycles. The van der Waals surface area contributed by atoms with Gasteiger partial charge in [-0.1, -0.05) is 13.0 Å². The molecule has 1 unspecified atom stereocenters. The predicted molar refractivity (Wildman–Crippen MR) is 83.8 cm³/mol. The number of rotatable bonds is 5. The van der Waals surface area contributed by atoms with E-state index in [2.05, 4.69) is 67.2 Å². The first-order valence-corrected chi connectivity index (χ1v) is 8.17. The topological polar surface area (TPSA) is 15.3 Å². The number of benzene rings is 1. The van der Waals surface area contributed by atoms with Crippen molar-refractivity contribution in [3.63, 3.8) is 0 Å². The lowest BCUT2D eigenvalue weighted by atomic mass is 10.1. The van der Waals surface area contributed by atoms with Crippen molar-refractivity contribution >= 4 is 31.9 Å². The smallest absolute Gasteiger partial charge is 0.0320 e. The number of hydrogen-bond acceptors (Lipinski definition) is 2. The molecule has 0 saturated carbocycles. The second-order valence-corrected chi connectivity index (χ2v) is 6.58. The lowest BCUT2D eigenvalue weighted by Gasteiger charge is -2.24. The van der Waals surface area contributed by atoms with E-state index in [0.717, 1.165) is 28.6 Å². The van der Waals surface area contributed by atoms with Gasteiger partial charge in [-0.25, -0.2) is 0 Å². The Balaban J connectivity index is 1.94. The van der Waals surface area contributed by atoms with Gasteiger partial charge < -0.3 is 5.32 Å². The van der Waals surface area contributed by atoms with Crippen LogP contribution >= 0.6 is 31.9 Å². The van der Waals surface area contributed by atoms with Crippen molar-refractivity contribution in [1.82, 2.24) is 10.2 Å². The summed E-state index contributed by atoms with van der Waals surface area (Å²) in [6, 6.07) is 7.19. The molecule has 1 saturated heterocycles. The van der Waals surface area contributed by atoms with Crippen molar-refractivity contribution in [3.05, 3.63) is 32.7 Å². The molecule has 100 valence electrons. The minimum atomic E-state index is 0.684. The van der Waals surface area contributed by atoms with E-state index < -0.39 is 0 Å². The summed E-state index contributed by atoms with van der Waals surface area (Å²) in [4.78, 5) is 2.51. The van der Waals surface area contributed by atoms with Crippen molar-refractivity contribution in [2.24, 2.45) is 0 Å². The molecule has 1 aromatic carbocycles. The maximum absolute atomic E-state index is 3.57. The Labute approximate surface area is 126 Å². The zero-order valence-electron chi connectivity index (χ0n) is 10.8. The largest absolute Gasteiger partial charge is 0.313 e. The predicted octanol–water partition coefficient (Wildman–Crippen LogP) is 3.79. The normalized spacial score (nSPS) is 19.7. The van der Waals surface area contributed by atoms with Crippen LogP contribution in [0.15, 0.2) is 27.1 Å². The first kappa shape index (κ1) is 14.5. The van der Waals surface area contributed by atoms with Crippen LogP contribution < -0.4 is 5.32 Å². The lowest BCUT2D eigenvalue weighted by Crippen LogP contribution is -2.37. The maximum atomic E-state index is 3.57. The van der Waals surface area contributed by atoms with E-state index in [0.29, 0.717) is 6.04 Å². The third kappa shape index (κ3) is 4.05. The van der Waals surface area contributed by atoms with Crippen LogP contribution in [0.25, 0.3) is 0 Å². The Morgan fingerprint density at radius 3 is 2.78 bits per heavy atom. The van der Waals surface area contributed by atoms with Gasteiger partial charge in [0.15, 0.2) is 0 Å². The van der Waals surface area contributed by atoms with E-state index in [9.17, 15) is 0 Å². The van der Waals surface area contributed by atoms with Crippen LogP contribution in [0.1, 0.15) is 25.3 Å². The first-order chi connectivity index (χ1) is 8.69. The van der Waals surface area contributed by atoms with E-state index in [-0.39, 0.29) is 0 Å². The summed E-state index contributed by atoms with van der Waals surface area (Å²) in [5.41, 5.74) is 1.37. The van der Waals surface area contributed by atoms with Gasteiger partial charge >= 0.3 is 0 Å². The standard InChI is InChI=1S/C14H20Br2N2/c1-2-18(10-12-4-3-7-17-12)9-11-5-6-13(15)14(16)8-11/h5-6,8,12,17H,2-4,7,9-10H2,1H3. The minimum Gasteiger partial charge on any atom is -0.313 e. The fourth-order valence-electron chi connectivity index (χ4n) is 2.43. The zero-order valence-corrected chi connectivity index (χ0v) is 13.9. The van der Waals surface area contributed by atoms with Gasteiger partial charge in [0.05, 0.1) is 0 Å². The van der Waals surface area contributed by atoms with E-state index in [1.807, 2.05) is 0 Å². The molecule has 1 fully saturated rings. The van der Waals surface area contributed by atoms with E-state index in [4.69, 9.17) is 0 Å². The molecule has 1 heterocycles. The average Bonchev–Trinajstić information content (AvgIpc) is 2.86. The molecule has 0 amide bonds. The molecule has 2 nitrogen and oxygen atoms in total. The Morgan fingerprint density at radius 2 is 2.17 bits per heavy atom. The van der Waals surface area contributed by atoms with Crippen molar-refractivity contribution in [2.45, 2.75) is 32.4 Å². The highest BCUT2D eigenvalue weighted by Crippen LogP contribution is 2.24. The fourth-order valence-corrected chi connectivity index (χ4v) is 3.10. The monoisotopic (exact) mass is 374 g/mol. The van der Waals surface area contributed by atoms with Crippen LogP contribution in [0.2, 0.25) is 0 Å². The summed E-state index contributed by atoms with van der Waals surface area (Å²) in [5, 5.41) is 3.57. The Hall–Kier alpha value is 0.1000. The van der Waals surface area contributed by atoms with Gasteiger partial charge in [0, 0.05) is 28.1 Å². The Morgan fingerprint density at radius 1 is 1.33 bits per heavy atom. The third-order valence-corrected chi connectivity index (χ3v) is 5.36. The summed E-state index contributed by atoms with van der Waals surface area (Å²) in [6.07, 6.45) is 2.65. The SMILES string of the molecule is CCN(Cc1ccc(Br)c(Br)c1)CC1CCCN1. The van der Waals surface area contributed by atoms with Crippen LogP contribution in [-0.2, 0) is 6.54 Å². The molecule has 18 heavy (non-hydrogen) atoms. The third-order valence-electron chi connectivity index (χ3n) is 3.48. The van der Waals surface area contributed by atoms with Crippen molar-refractivity contribution in [2.75, 3.05) is 19.6 Å². The molecule has 1 N–H and O–H groups in total. The second-order valence-electron chi connectivity index (χ2n) is 4.87. The molecule has 0 bridgehead atoms. The molecular weight excluding hydrogens is 356 g/mol. The molecule has 0 aromatic heterocycles. The van der Waals surface area contributed by atoms with Crippen molar-refractivity contribution in [3.8, 4) is 0 Å². The highest BCUT2D eigenvalue weighted by Gasteiger charge is 2.17. The number of likely N-dealkylation sites (N-methyl/N-ethyl adjacent to an activating group) is 1. The fraction of sp³-hybridized carbons (Fsp3) is 0.571. The van der Waals surface area contributed by atoms with Gasteiger partial charge in [-0.05, 0) is 75.5 Å². The highest BCUT2D eigenvalue weighted by atomic mass is 79.9. The average molecular weight is 376 g/mol. The Kier molecular flexibility index (Phi) is 5.67. The molecule has 4 heteroatoms. The van der Waals surface area contributed by atoms with E-state index >= 15 is 0 Å². The molecule has 1 aromatic rings. The van der Waals surface area contributed by atoms with Gasteiger partial charge in [-0.15, -0.1) is 0 Å². The molecular formula is C14H20Br2N2. The molecule has 1 aliphatic heterocycles. The van der Waals surface area contributed by atoms with Gasteiger partial charge in [0.1, 0.15) is 0 Å². The van der Waals surface area contributed by atoms with Crippen molar-refractivity contribution < 1.29 is 0 Å². The lowest BCUT2D eigenvalue weighted by molar-refractivity contribution is 0.253. The molecule has 0 spiro atoms. The minimum absolute atomic E-state index is 0.684. The van der Waals surface area contributed by atoms with Crippen LogP contribution in [0, 0.1) is 0 Å². The second kappa shape index (κ2) is 7.04. The summed E-state index contributed by atoms with van der Waals surface area (Å²) in [5.74, 6) is 0. The van der Waals surface area contributed by atoms with Gasteiger partial charge in [0.2, 0.25) is 0 Å². The molecule has 1 aliphatic rings. The van der Waals surface area contributed by atoms with Gasteiger partial charge in [0.25, 0.3) is 0 Å². The first-order valence-electron chi connectivity index (χ1n) is 6.58. The van der Waals surface area contributed by atoms with Gasteiger partial charge in [-0.2, -0.15) is 0 Å². The molecule has 0 radical (unpaired) electrons. The summed E-state index contributed by atoms with van der Waals surface area (Å²) in [7, 11) is 0. The van der Waals surface area contributed by atoms with Gasteiger partial charge in [-0.3, -0.25) is 4.90 Å². The summed E-state index contributed by atoms with van der Waals surface area (Å²) >= 11 is 7.08. The number of nitrogens with zero attached hydrogens (tertiary/aromatic N) is 1. The molecule has 1 atom stereocenters. The van der Waals surface area contributed by atoms with Crippen LogP contribution in [-0.4, -0.2) is 30.6 Å². The van der Waals surface area contributed by atoms with Crippen LogP contribution in [0.3, 0.4) is 0 Å². The van der Waals surface area contributed by atoms with Crippen molar-refractivity contribution in [1.29, 1.82) is 0 Å². The quantitative estimate of drug-likeness (QED) is 0.842. The highest BCUT2D eigenvalue weighted by molar-refractivity contribution is 9.13. The molecule has 2 rings (SSSR count). The number of hydrogen-bond donors (Lipinski definition) is 1. The van der Waals surface area contributed by atoms with E-state index in [1.54, 1.807) is 0 Å². The number of halogens is 2.